The Morgan fingerprint density at radius 1 is 0.954 bits per heavy atom. The molecule has 6 atom stereocenters. The van der Waals surface area contributed by atoms with Crippen molar-refractivity contribution in [3.05, 3.63) is 104 Å². The molecule has 0 unspecified atom stereocenters. The number of nitrogens with one attached hydrogen (secondary N) is 4. The Hall–Kier alpha value is -4.99. The van der Waals surface area contributed by atoms with Crippen molar-refractivity contribution < 1.29 is 39.4 Å². The summed E-state index contributed by atoms with van der Waals surface area (Å²) in [5.41, 5.74) is 8.29. The Morgan fingerprint density at radius 3 is 2.54 bits per heavy atom. The predicted molar refractivity (Wildman–Crippen MR) is 251 cm³/mol. The maximum atomic E-state index is 11.7. The molecule has 0 aromatic heterocycles. The van der Waals surface area contributed by atoms with Gasteiger partial charge >= 0.3 is 0 Å². The molecule has 8 N–H and O–H groups in total. The van der Waals surface area contributed by atoms with E-state index in [-0.39, 0.29) is 36.7 Å². The first-order valence-electron chi connectivity index (χ1n) is 23.2. The monoisotopic (exact) mass is 887 g/mol. The third-order valence-corrected chi connectivity index (χ3v) is 14.0. The molecule has 4 aromatic carbocycles. The van der Waals surface area contributed by atoms with E-state index in [1.165, 1.54) is 18.2 Å². The zero-order valence-corrected chi connectivity index (χ0v) is 38.5. The summed E-state index contributed by atoms with van der Waals surface area (Å²) < 4.78 is 27.1. The highest BCUT2D eigenvalue weighted by molar-refractivity contribution is 5.89. The smallest absolute Gasteiger partial charge is 0.160 e. The van der Waals surface area contributed by atoms with Crippen molar-refractivity contribution in [1.29, 1.82) is 0 Å². The van der Waals surface area contributed by atoms with E-state index in [9.17, 15) is 20.4 Å². The van der Waals surface area contributed by atoms with Gasteiger partial charge in [0.05, 0.1) is 38.0 Å². The Morgan fingerprint density at radius 2 is 1.77 bits per heavy atom. The molecule has 2 aliphatic carbocycles. The van der Waals surface area contributed by atoms with Gasteiger partial charge in [-0.25, -0.2) is 0 Å². The van der Waals surface area contributed by atoms with E-state index >= 15 is 0 Å². The van der Waals surface area contributed by atoms with E-state index in [4.69, 9.17) is 23.9 Å². The Bertz CT molecular complexity index is 2610. The molecule has 0 saturated carbocycles. The molecular weight excluding hydrogens is 823 g/mol. The second kappa shape index (κ2) is 18.4. The summed E-state index contributed by atoms with van der Waals surface area (Å²) in [5.74, 6) is 2.33. The van der Waals surface area contributed by atoms with E-state index < -0.39 is 23.4 Å². The molecule has 0 radical (unpaired) electrons. The van der Waals surface area contributed by atoms with E-state index in [0.29, 0.717) is 82.4 Å². The number of ether oxygens (including phenoxy) is 4. The number of aliphatic hydroxyl groups excluding tert-OH is 1. The van der Waals surface area contributed by atoms with Gasteiger partial charge in [-0.3, -0.25) is 10.3 Å². The molecule has 65 heavy (non-hydrogen) atoms. The number of likely N-dealkylation sites (N-methyl/N-ethyl adjacent to an activating group) is 1. The van der Waals surface area contributed by atoms with Crippen LogP contribution in [-0.2, 0) is 24.0 Å². The van der Waals surface area contributed by atoms with Crippen molar-refractivity contribution in [2.75, 3.05) is 67.4 Å². The summed E-state index contributed by atoms with van der Waals surface area (Å²) in [6, 6.07) is 15.8. The van der Waals surface area contributed by atoms with Gasteiger partial charge in [-0.1, -0.05) is 38.1 Å². The van der Waals surface area contributed by atoms with Crippen molar-refractivity contribution in [3.63, 3.8) is 0 Å². The number of nitrogens with zero attached hydrogens (tertiary/aromatic N) is 1. The molecule has 4 aromatic rings. The molecule has 346 valence electrons. The molecule has 0 bridgehead atoms. The second-order valence-corrected chi connectivity index (χ2v) is 19.2. The molecule has 13 heteroatoms. The van der Waals surface area contributed by atoms with Crippen LogP contribution in [0.15, 0.2) is 59.1 Å². The van der Waals surface area contributed by atoms with Crippen LogP contribution >= 0.6 is 0 Å². The van der Waals surface area contributed by atoms with E-state index in [1.54, 1.807) is 12.1 Å². The fraction of sp³-hybridized carbons (Fsp3) is 0.481. The summed E-state index contributed by atoms with van der Waals surface area (Å²) in [7, 11) is 5.36. The summed E-state index contributed by atoms with van der Waals surface area (Å²) in [6.45, 7) is 8.69. The molecule has 3 aliphatic heterocycles. The van der Waals surface area contributed by atoms with E-state index in [1.807, 2.05) is 39.2 Å². The number of phenols is 2. The van der Waals surface area contributed by atoms with E-state index in [0.717, 1.165) is 60.8 Å². The zero-order chi connectivity index (χ0) is 45.6. The standard InChI is InChI=1S/C52H65N5O8/c1-29(2)21-51(3,61)25-55-27-56-26-52(63-28-54-5)22-40-37-20-39-45(31-7-12-41-30(17-31)15-16-57-41)33(23-53-4)18-38-42(59)14-11-35(46(38)39)47(37)49-36(10-9-34(24-58)64-49)48(40)65-50(52)32-8-13-43(60)44(19-32)62-6/h7-8,11-15,17-19,29,34,39,45,50,53-56,58-61H,9-10,16,20-28H2,1-6H3/t34-,39-,45+,50-,51+,52+/m1/s1. The summed E-state index contributed by atoms with van der Waals surface area (Å²) >= 11 is 0. The van der Waals surface area contributed by atoms with Crippen molar-refractivity contribution >= 4 is 12.2 Å². The van der Waals surface area contributed by atoms with Gasteiger partial charge in [-0.05, 0) is 134 Å². The number of rotatable bonds is 17. The SMILES string of the molecule is CNCO[C@]1(CNCNC[C@@](C)(O)CC(C)C)Cc2c3c(c4c(c2O[C@@H]1c1ccc(O)c(OC)c1)CC[C@H](CO)O4)-c1ccc(O)c2c1[C@H](C3)[C@@H](c1ccc3c(c1)=CCN=3)C(CNC)=C2. The lowest BCUT2D eigenvalue weighted by molar-refractivity contribution is -0.129. The topological polar surface area (TPSA) is 178 Å². The van der Waals surface area contributed by atoms with Gasteiger partial charge in [0.25, 0.3) is 0 Å². The minimum atomic E-state index is -1.01. The molecule has 5 aliphatic rings. The van der Waals surface area contributed by atoms with Crippen LogP contribution in [0.25, 0.3) is 23.3 Å². The van der Waals surface area contributed by atoms with Crippen LogP contribution in [0.5, 0.6) is 28.7 Å². The minimum Gasteiger partial charge on any atom is -0.507 e. The lowest BCUT2D eigenvalue weighted by Gasteiger charge is -2.48. The fourth-order valence-electron chi connectivity index (χ4n) is 11.4. The Labute approximate surface area is 381 Å². The third-order valence-electron chi connectivity index (χ3n) is 14.0. The van der Waals surface area contributed by atoms with Crippen LogP contribution in [0.4, 0.5) is 0 Å². The van der Waals surface area contributed by atoms with Crippen molar-refractivity contribution in [2.24, 2.45) is 10.9 Å². The number of benzene rings is 4. The number of methoxy groups -OCH3 is 1. The third kappa shape index (κ3) is 8.41. The zero-order valence-electron chi connectivity index (χ0n) is 38.5. The highest BCUT2D eigenvalue weighted by atomic mass is 16.6. The number of aromatic hydroxyl groups is 2. The maximum Gasteiger partial charge on any atom is 0.160 e. The van der Waals surface area contributed by atoms with Gasteiger partial charge in [-0.15, -0.1) is 0 Å². The largest absolute Gasteiger partial charge is 0.507 e. The molecule has 0 saturated heterocycles. The van der Waals surface area contributed by atoms with Gasteiger partial charge in [0.1, 0.15) is 29.0 Å². The molecule has 13 nitrogen and oxygen atoms in total. The number of aliphatic hydroxyl groups is 2. The van der Waals surface area contributed by atoms with Gasteiger partial charge < -0.3 is 55.3 Å². The highest BCUT2D eigenvalue weighted by Crippen LogP contribution is 2.61. The van der Waals surface area contributed by atoms with Crippen molar-refractivity contribution in [2.45, 2.75) is 88.1 Å². The fourth-order valence-corrected chi connectivity index (χ4v) is 11.4. The quantitative estimate of drug-likeness (QED) is 0.0553. The molecule has 0 spiro atoms. The minimum absolute atomic E-state index is 0.0200. The maximum absolute atomic E-state index is 11.7. The van der Waals surface area contributed by atoms with Crippen molar-refractivity contribution in [3.8, 4) is 39.9 Å². The van der Waals surface area contributed by atoms with Crippen LogP contribution in [0.2, 0.25) is 0 Å². The molecule has 9 rings (SSSR count). The van der Waals surface area contributed by atoms with Gasteiger partial charge in [-0.2, -0.15) is 0 Å². The summed E-state index contributed by atoms with van der Waals surface area (Å²) in [4.78, 5) is 4.70. The number of hydrogen-bond donors (Lipinski definition) is 8. The average Bonchev–Trinajstić information content (AvgIpc) is 3.77. The second-order valence-electron chi connectivity index (χ2n) is 19.2. The first-order valence-corrected chi connectivity index (χ1v) is 23.2. The van der Waals surface area contributed by atoms with Gasteiger partial charge in [0.15, 0.2) is 17.6 Å². The molecule has 0 fully saturated rings. The normalized spacial score (nSPS) is 23.3. The first kappa shape index (κ1) is 45.2. The van der Waals surface area contributed by atoms with Crippen LogP contribution in [-0.4, -0.2) is 105 Å². The van der Waals surface area contributed by atoms with Crippen LogP contribution in [0, 0.1) is 5.92 Å². The first-order chi connectivity index (χ1) is 31.4. The number of phenolic OH excluding ortho intramolecular Hbond substituents is 2. The predicted octanol–water partition coefficient (Wildman–Crippen LogP) is 4.46. The summed E-state index contributed by atoms with van der Waals surface area (Å²) in [5, 5.41) is 60.0. The summed E-state index contributed by atoms with van der Waals surface area (Å²) in [6.07, 6.45) is 6.29. The van der Waals surface area contributed by atoms with Gasteiger partial charge in [0, 0.05) is 60.9 Å². The molecule has 0 amide bonds. The van der Waals surface area contributed by atoms with Crippen molar-refractivity contribution in [1.82, 2.24) is 21.3 Å². The molecule has 3 heterocycles. The van der Waals surface area contributed by atoms with Crippen LogP contribution in [0.1, 0.15) is 90.5 Å². The lowest BCUT2D eigenvalue weighted by Crippen LogP contribution is -2.56. The van der Waals surface area contributed by atoms with Crippen LogP contribution in [0.3, 0.4) is 0 Å². The van der Waals surface area contributed by atoms with Gasteiger partial charge in [0.2, 0.25) is 0 Å². The van der Waals surface area contributed by atoms with Crippen LogP contribution < -0.4 is 46.1 Å². The number of hydrogen-bond acceptors (Lipinski definition) is 13. The molecular formula is C52H65N5O8. The Kier molecular flexibility index (Phi) is 12.8. The Balaban J connectivity index is 1.23. The number of fused-ring (bicyclic) bond motifs is 8. The highest BCUT2D eigenvalue weighted by Gasteiger charge is 2.51. The lowest BCUT2D eigenvalue weighted by atomic mass is 9.62. The van der Waals surface area contributed by atoms with E-state index in [2.05, 4.69) is 65.5 Å². The average molecular weight is 888 g/mol.